The highest BCUT2D eigenvalue weighted by Crippen LogP contribution is 2.62. The molecule has 1 aromatic rings. The van der Waals surface area contributed by atoms with Gasteiger partial charge in [0.25, 0.3) is 0 Å². The monoisotopic (exact) mass is 421 g/mol. The van der Waals surface area contributed by atoms with Crippen molar-refractivity contribution in [2.45, 2.75) is 30.6 Å². The second kappa shape index (κ2) is 7.25. The van der Waals surface area contributed by atoms with Crippen molar-refractivity contribution in [2.75, 3.05) is 47.4 Å². The molecular weight excluding hydrogens is 390 g/mol. The summed E-state index contributed by atoms with van der Waals surface area (Å²) in [7, 11) is 1.79. The van der Waals surface area contributed by atoms with Crippen molar-refractivity contribution >= 4 is 15.9 Å². The molecule has 1 amide bonds. The molecule has 160 valence electrons. The number of hydrogen-bond acceptors (Lipinski definition) is 5. The van der Waals surface area contributed by atoms with Crippen molar-refractivity contribution in [3.05, 3.63) is 24.3 Å². The Kier molecular flexibility index (Phi) is 5.16. The number of benzene rings is 1. The summed E-state index contributed by atoms with van der Waals surface area (Å²) in [4.78, 5) is 15.3. The summed E-state index contributed by atoms with van der Waals surface area (Å²) in [6, 6.07) is 6.66. The summed E-state index contributed by atoms with van der Waals surface area (Å²) in [5, 5.41) is 2.89. The van der Waals surface area contributed by atoms with Gasteiger partial charge in [0.1, 0.15) is 5.75 Å². The molecule has 1 spiro atoms. The number of nitrogens with zero attached hydrogens (tertiary/aromatic N) is 2. The molecule has 0 radical (unpaired) electrons. The van der Waals surface area contributed by atoms with E-state index in [-0.39, 0.29) is 21.6 Å². The second-order valence-electron chi connectivity index (χ2n) is 8.93. The third-order valence-corrected chi connectivity index (χ3v) is 9.49. The SMILES string of the molecule is CNC(=O)[C@@]12CCC3(CCN(S(=O)(=O)c4cccc(OC)c4)CC3)[C@@H]1CN(C)C2. The molecule has 3 aliphatic rings. The first-order chi connectivity index (χ1) is 13.8. The van der Waals surface area contributed by atoms with E-state index < -0.39 is 10.0 Å². The van der Waals surface area contributed by atoms with Crippen LogP contribution in [0.5, 0.6) is 5.75 Å². The molecule has 0 aromatic heterocycles. The van der Waals surface area contributed by atoms with Crippen LogP contribution in [0.4, 0.5) is 0 Å². The van der Waals surface area contributed by atoms with Crippen LogP contribution in [-0.2, 0) is 14.8 Å². The zero-order valence-electron chi connectivity index (χ0n) is 17.5. The van der Waals surface area contributed by atoms with Crippen molar-refractivity contribution in [1.82, 2.24) is 14.5 Å². The van der Waals surface area contributed by atoms with Gasteiger partial charge < -0.3 is 15.0 Å². The molecule has 29 heavy (non-hydrogen) atoms. The first-order valence-corrected chi connectivity index (χ1v) is 11.8. The van der Waals surface area contributed by atoms with Crippen molar-refractivity contribution in [1.29, 1.82) is 0 Å². The molecular formula is C21H31N3O4S. The maximum atomic E-state index is 13.2. The minimum absolute atomic E-state index is 0.0532. The third kappa shape index (κ3) is 3.16. The Hall–Kier alpha value is -1.64. The predicted molar refractivity (Wildman–Crippen MR) is 110 cm³/mol. The lowest BCUT2D eigenvalue weighted by Crippen LogP contribution is -2.49. The van der Waals surface area contributed by atoms with E-state index in [4.69, 9.17) is 4.74 Å². The van der Waals surface area contributed by atoms with Gasteiger partial charge in [-0.1, -0.05) is 6.07 Å². The van der Waals surface area contributed by atoms with Crippen LogP contribution in [0.1, 0.15) is 25.7 Å². The number of piperidine rings is 1. The van der Waals surface area contributed by atoms with Crippen molar-refractivity contribution in [2.24, 2.45) is 16.7 Å². The van der Waals surface area contributed by atoms with Crippen LogP contribution in [0.15, 0.2) is 29.2 Å². The lowest BCUT2D eigenvalue weighted by molar-refractivity contribution is -0.132. The third-order valence-electron chi connectivity index (χ3n) is 7.60. The van der Waals surface area contributed by atoms with Crippen LogP contribution in [0.2, 0.25) is 0 Å². The van der Waals surface area contributed by atoms with Crippen LogP contribution < -0.4 is 10.1 Å². The summed E-state index contributed by atoms with van der Waals surface area (Å²) in [5.41, 5.74) is -0.269. The van der Waals surface area contributed by atoms with Crippen molar-refractivity contribution < 1.29 is 17.9 Å². The molecule has 2 heterocycles. The van der Waals surface area contributed by atoms with Crippen LogP contribution in [0.25, 0.3) is 0 Å². The number of sulfonamides is 1. The quantitative estimate of drug-likeness (QED) is 0.798. The zero-order valence-corrected chi connectivity index (χ0v) is 18.3. The number of ether oxygens (including phenoxy) is 1. The van der Waals surface area contributed by atoms with Gasteiger partial charge in [-0.25, -0.2) is 8.42 Å². The molecule has 1 N–H and O–H groups in total. The summed E-state index contributed by atoms with van der Waals surface area (Å²) < 4.78 is 33.1. The number of amides is 1. The molecule has 7 nitrogen and oxygen atoms in total. The largest absolute Gasteiger partial charge is 0.497 e. The Morgan fingerprint density at radius 1 is 1.21 bits per heavy atom. The van der Waals surface area contributed by atoms with Crippen LogP contribution in [0, 0.1) is 16.7 Å². The molecule has 1 saturated carbocycles. The van der Waals surface area contributed by atoms with Crippen LogP contribution in [0.3, 0.4) is 0 Å². The minimum atomic E-state index is -3.55. The molecule has 1 aromatic carbocycles. The summed E-state index contributed by atoms with van der Waals surface area (Å²) in [5.74, 6) is 0.983. The molecule has 4 rings (SSSR count). The number of carbonyl (C=O) groups excluding carboxylic acids is 1. The summed E-state index contributed by atoms with van der Waals surface area (Å²) in [6.07, 6.45) is 3.52. The number of likely N-dealkylation sites (tertiary alicyclic amines) is 1. The second-order valence-corrected chi connectivity index (χ2v) is 10.9. The van der Waals surface area contributed by atoms with E-state index in [0.717, 1.165) is 38.8 Å². The fourth-order valence-corrected chi connectivity index (χ4v) is 7.57. The average molecular weight is 422 g/mol. The topological polar surface area (TPSA) is 79.0 Å². The number of nitrogens with one attached hydrogen (secondary N) is 1. The minimum Gasteiger partial charge on any atom is -0.497 e. The number of carbonyl (C=O) groups is 1. The standard InChI is InChI=1S/C21H31N3O4S/c1-22-19(25)21-8-7-20(18(21)14-23(2)15-21)9-11-24(12-10-20)29(26,27)17-6-4-5-16(13-17)28-3/h4-6,13,18H,7-12,14-15H2,1-3H3,(H,22,25)/t18-,21+/m0/s1. The Morgan fingerprint density at radius 2 is 1.93 bits per heavy atom. The summed E-state index contributed by atoms with van der Waals surface area (Å²) >= 11 is 0. The molecule has 0 unspecified atom stereocenters. The van der Waals surface area contributed by atoms with E-state index in [0.29, 0.717) is 24.8 Å². The number of methoxy groups -OCH3 is 1. The van der Waals surface area contributed by atoms with Gasteiger partial charge in [0.15, 0.2) is 0 Å². The molecule has 3 fully saturated rings. The Labute approximate surface area is 173 Å². The van der Waals surface area contributed by atoms with Gasteiger partial charge in [0.2, 0.25) is 15.9 Å². The van der Waals surface area contributed by atoms with E-state index in [1.165, 1.54) is 7.11 Å². The molecule has 8 heteroatoms. The van der Waals surface area contributed by atoms with Crippen LogP contribution in [-0.4, -0.2) is 70.9 Å². The van der Waals surface area contributed by atoms with Gasteiger partial charge in [-0.05, 0) is 56.2 Å². The first kappa shape index (κ1) is 20.6. The van der Waals surface area contributed by atoms with Crippen molar-refractivity contribution in [3.63, 3.8) is 0 Å². The predicted octanol–water partition coefficient (Wildman–Crippen LogP) is 1.55. The lowest BCUT2D eigenvalue weighted by atomic mass is 9.66. The van der Waals surface area contributed by atoms with Gasteiger partial charge in [-0.2, -0.15) is 4.31 Å². The zero-order chi connectivity index (χ0) is 20.9. The van der Waals surface area contributed by atoms with Gasteiger partial charge in [-0.15, -0.1) is 0 Å². The average Bonchev–Trinajstić information content (AvgIpc) is 3.23. The smallest absolute Gasteiger partial charge is 0.243 e. The first-order valence-electron chi connectivity index (χ1n) is 10.3. The molecule has 2 saturated heterocycles. The van der Waals surface area contributed by atoms with Crippen LogP contribution >= 0.6 is 0 Å². The fourth-order valence-electron chi connectivity index (χ4n) is 6.10. The lowest BCUT2D eigenvalue weighted by Gasteiger charge is -2.44. The Balaban J connectivity index is 1.54. The number of fused-ring (bicyclic) bond motifs is 2. The van der Waals surface area contributed by atoms with E-state index in [2.05, 4.69) is 17.3 Å². The molecule has 1 aliphatic carbocycles. The highest BCUT2D eigenvalue weighted by molar-refractivity contribution is 7.89. The number of hydrogen-bond donors (Lipinski definition) is 1. The Bertz CT molecular complexity index is 895. The van der Waals surface area contributed by atoms with E-state index in [1.54, 1.807) is 35.6 Å². The molecule has 0 bridgehead atoms. The van der Waals surface area contributed by atoms with E-state index in [1.807, 2.05) is 0 Å². The van der Waals surface area contributed by atoms with Gasteiger partial charge in [0, 0.05) is 39.3 Å². The molecule has 2 aliphatic heterocycles. The van der Waals surface area contributed by atoms with Crippen molar-refractivity contribution in [3.8, 4) is 5.75 Å². The highest BCUT2D eigenvalue weighted by atomic mass is 32.2. The molecule has 2 atom stereocenters. The van der Waals surface area contributed by atoms with Gasteiger partial charge in [0.05, 0.1) is 17.4 Å². The van der Waals surface area contributed by atoms with Gasteiger partial charge >= 0.3 is 0 Å². The Morgan fingerprint density at radius 3 is 2.59 bits per heavy atom. The fraction of sp³-hybridized carbons (Fsp3) is 0.667. The van der Waals surface area contributed by atoms with E-state index >= 15 is 0 Å². The number of rotatable bonds is 4. The maximum absolute atomic E-state index is 13.2. The van der Waals surface area contributed by atoms with E-state index in [9.17, 15) is 13.2 Å². The normalized spacial score (nSPS) is 29.7. The maximum Gasteiger partial charge on any atom is 0.243 e. The van der Waals surface area contributed by atoms with Gasteiger partial charge in [-0.3, -0.25) is 4.79 Å². The highest BCUT2D eigenvalue weighted by Gasteiger charge is 2.63. The summed E-state index contributed by atoms with van der Waals surface area (Å²) in [6.45, 7) is 2.72.